The normalized spacial score (nSPS) is 21.3. The molecule has 0 radical (unpaired) electrons. The van der Waals surface area contributed by atoms with Crippen LogP contribution in [0.3, 0.4) is 0 Å². The van der Waals surface area contributed by atoms with Crippen LogP contribution in [0.1, 0.15) is 44.1 Å². The molecule has 0 unspecified atom stereocenters. The molecule has 0 aliphatic carbocycles. The molecule has 0 spiro atoms. The molecule has 1 aromatic heterocycles. The zero-order chi connectivity index (χ0) is 17.4. The molecular weight excluding hydrogens is 379 g/mol. The Morgan fingerprint density at radius 3 is 2.61 bits per heavy atom. The van der Waals surface area contributed by atoms with Gasteiger partial charge in [0.25, 0.3) is 0 Å². The van der Waals surface area contributed by atoms with Crippen LogP contribution in [0.5, 0.6) is 0 Å². The lowest BCUT2D eigenvalue weighted by Gasteiger charge is -2.22. The molecule has 0 bridgehead atoms. The van der Waals surface area contributed by atoms with E-state index in [9.17, 15) is 18.0 Å². The first kappa shape index (κ1) is 18.3. The van der Waals surface area contributed by atoms with Crippen LogP contribution in [0.4, 0.5) is 13.2 Å². The molecule has 5 nitrogen and oxygen atoms in total. The zero-order valence-corrected chi connectivity index (χ0v) is 14.7. The molecule has 2 heterocycles. The fraction of sp³-hybridized carbons (Fsp3) is 0.714. The maximum Gasteiger partial charge on any atom is 0.436 e. The first-order valence-corrected chi connectivity index (χ1v) is 8.16. The molecule has 0 aromatic carbocycles. The Balaban J connectivity index is 2.13. The summed E-state index contributed by atoms with van der Waals surface area (Å²) in [5.74, 6) is -0.389. The number of alkyl halides is 3. The molecule has 1 fully saturated rings. The molecule has 23 heavy (non-hydrogen) atoms. The molecule has 1 aliphatic heterocycles. The third kappa shape index (κ3) is 3.88. The zero-order valence-electron chi connectivity index (χ0n) is 13.1. The second-order valence-corrected chi connectivity index (χ2v) is 6.51. The van der Waals surface area contributed by atoms with E-state index < -0.39 is 17.9 Å². The van der Waals surface area contributed by atoms with Gasteiger partial charge in [-0.25, -0.2) is 0 Å². The van der Waals surface area contributed by atoms with Gasteiger partial charge < -0.3 is 10.1 Å². The molecule has 1 aromatic rings. The Bertz CT molecular complexity index is 583. The van der Waals surface area contributed by atoms with Crippen molar-refractivity contribution in [1.29, 1.82) is 0 Å². The van der Waals surface area contributed by atoms with Crippen molar-refractivity contribution < 1.29 is 22.7 Å². The van der Waals surface area contributed by atoms with Crippen LogP contribution in [0.15, 0.2) is 4.47 Å². The van der Waals surface area contributed by atoms with E-state index in [1.54, 1.807) is 0 Å². The number of carbonyl (C=O) groups is 1. The minimum Gasteiger partial charge on any atom is -0.376 e. The van der Waals surface area contributed by atoms with Gasteiger partial charge in [-0.3, -0.25) is 9.48 Å². The van der Waals surface area contributed by atoms with Crippen molar-refractivity contribution in [2.45, 2.75) is 58.0 Å². The van der Waals surface area contributed by atoms with Gasteiger partial charge in [-0.2, -0.15) is 18.3 Å². The Kier molecular flexibility index (Phi) is 5.40. The number of nitrogens with zero attached hydrogens (tertiary/aromatic N) is 2. The predicted octanol–water partition coefficient (Wildman–Crippen LogP) is 3.22. The molecule has 1 N–H and O–H groups in total. The van der Waals surface area contributed by atoms with E-state index >= 15 is 0 Å². The first-order valence-electron chi connectivity index (χ1n) is 7.36. The first-order chi connectivity index (χ1) is 10.6. The average molecular weight is 398 g/mol. The average Bonchev–Trinajstić information content (AvgIpc) is 3.07. The Morgan fingerprint density at radius 2 is 2.13 bits per heavy atom. The highest BCUT2D eigenvalue weighted by atomic mass is 79.9. The number of carbonyl (C=O) groups excluding carboxylic acids is 1. The number of rotatable bonds is 4. The summed E-state index contributed by atoms with van der Waals surface area (Å²) >= 11 is 2.90. The minimum atomic E-state index is -4.57. The fourth-order valence-corrected chi connectivity index (χ4v) is 3.09. The van der Waals surface area contributed by atoms with Crippen LogP contribution in [-0.2, 0) is 15.7 Å². The molecule has 1 aliphatic rings. The number of hydrogen-bond acceptors (Lipinski definition) is 3. The van der Waals surface area contributed by atoms with Gasteiger partial charge in [0.15, 0.2) is 5.69 Å². The quantitative estimate of drug-likeness (QED) is 0.848. The topological polar surface area (TPSA) is 56.2 Å². The van der Waals surface area contributed by atoms with Crippen molar-refractivity contribution in [1.82, 2.24) is 15.1 Å². The van der Waals surface area contributed by atoms with Gasteiger partial charge >= 0.3 is 6.18 Å². The maximum absolute atomic E-state index is 12.9. The number of hydrogen-bond donors (Lipinski definition) is 1. The second-order valence-electron chi connectivity index (χ2n) is 5.72. The van der Waals surface area contributed by atoms with E-state index in [1.165, 1.54) is 13.8 Å². The lowest BCUT2D eigenvalue weighted by molar-refractivity contribution is -0.142. The van der Waals surface area contributed by atoms with Crippen molar-refractivity contribution in [3.05, 3.63) is 15.9 Å². The van der Waals surface area contributed by atoms with Crippen LogP contribution >= 0.6 is 15.9 Å². The van der Waals surface area contributed by atoms with Crippen molar-refractivity contribution in [2.75, 3.05) is 6.61 Å². The van der Waals surface area contributed by atoms with Gasteiger partial charge in [-0.05, 0) is 49.5 Å². The van der Waals surface area contributed by atoms with Gasteiger partial charge in [0.1, 0.15) is 6.04 Å². The monoisotopic (exact) mass is 397 g/mol. The van der Waals surface area contributed by atoms with E-state index in [4.69, 9.17) is 4.74 Å². The van der Waals surface area contributed by atoms with Gasteiger partial charge in [0.05, 0.1) is 22.3 Å². The summed E-state index contributed by atoms with van der Waals surface area (Å²) in [5.41, 5.74) is -0.772. The fourth-order valence-electron chi connectivity index (χ4n) is 2.60. The van der Waals surface area contributed by atoms with Crippen molar-refractivity contribution in [3.8, 4) is 0 Å². The van der Waals surface area contributed by atoms with Crippen LogP contribution in [-0.4, -0.2) is 34.4 Å². The molecule has 1 saturated heterocycles. The number of aromatic nitrogens is 2. The number of halogens is 4. The molecule has 130 valence electrons. The van der Waals surface area contributed by atoms with E-state index in [-0.39, 0.29) is 28.2 Å². The highest BCUT2D eigenvalue weighted by molar-refractivity contribution is 9.10. The number of nitrogens with one attached hydrogen (secondary N) is 1. The lowest BCUT2D eigenvalue weighted by Crippen LogP contribution is -2.43. The van der Waals surface area contributed by atoms with Gasteiger partial charge in [-0.1, -0.05) is 0 Å². The smallest absolute Gasteiger partial charge is 0.376 e. The minimum absolute atomic E-state index is 0.0534. The summed E-state index contributed by atoms with van der Waals surface area (Å²) in [7, 11) is 0. The largest absolute Gasteiger partial charge is 0.436 e. The van der Waals surface area contributed by atoms with E-state index in [1.807, 2.05) is 6.92 Å². The summed E-state index contributed by atoms with van der Waals surface area (Å²) < 4.78 is 45.1. The summed E-state index contributed by atoms with van der Waals surface area (Å²) in [5, 5.41) is 6.35. The van der Waals surface area contributed by atoms with E-state index in [0.717, 1.165) is 17.5 Å². The maximum atomic E-state index is 12.9. The van der Waals surface area contributed by atoms with Crippen molar-refractivity contribution >= 4 is 21.8 Å². The molecule has 2 rings (SSSR count). The predicted molar refractivity (Wildman–Crippen MR) is 81.0 cm³/mol. The lowest BCUT2D eigenvalue weighted by atomic mass is 10.1. The summed E-state index contributed by atoms with van der Waals surface area (Å²) in [6.07, 6.45) is -2.82. The second kappa shape index (κ2) is 6.80. The van der Waals surface area contributed by atoms with Crippen molar-refractivity contribution in [3.63, 3.8) is 0 Å². The summed E-state index contributed by atoms with van der Waals surface area (Å²) in [6.45, 7) is 5.50. The van der Waals surface area contributed by atoms with E-state index in [0.29, 0.717) is 6.61 Å². The Labute approximate surface area is 140 Å². The molecule has 0 saturated carbocycles. The Hall–Kier alpha value is -1.09. The summed E-state index contributed by atoms with van der Waals surface area (Å²) in [4.78, 5) is 12.3. The van der Waals surface area contributed by atoms with Crippen LogP contribution in [0.2, 0.25) is 0 Å². The Morgan fingerprint density at radius 1 is 1.48 bits per heavy atom. The number of amides is 1. The highest BCUT2D eigenvalue weighted by Crippen LogP contribution is 2.36. The molecular formula is C14H19BrF3N3O2. The summed E-state index contributed by atoms with van der Waals surface area (Å²) in [6, 6.07) is -1.06. The third-order valence-corrected chi connectivity index (χ3v) is 4.93. The van der Waals surface area contributed by atoms with Crippen LogP contribution < -0.4 is 5.32 Å². The van der Waals surface area contributed by atoms with Gasteiger partial charge in [-0.15, -0.1) is 0 Å². The van der Waals surface area contributed by atoms with Gasteiger partial charge in [0, 0.05) is 6.61 Å². The van der Waals surface area contributed by atoms with Gasteiger partial charge in [0.2, 0.25) is 5.91 Å². The highest BCUT2D eigenvalue weighted by Gasteiger charge is 2.39. The molecule has 1 amide bonds. The third-order valence-electron chi connectivity index (χ3n) is 3.98. The van der Waals surface area contributed by atoms with Crippen LogP contribution in [0, 0.1) is 6.92 Å². The van der Waals surface area contributed by atoms with Crippen LogP contribution in [0.25, 0.3) is 0 Å². The van der Waals surface area contributed by atoms with E-state index in [2.05, 4.69) is 26.3 Å². The SMILES string of the molecule is Cc1c(Br)c(C(F)(F)F)nn1[C@H](C)C(=O)N[C@H](C)[C@@H]1CCCO1. The molecule has 9 heteroatoms. The number of ether oxygens (including phenoxy) is 1. The molecule has 3 atom stereocenters. The standard InChI is InChI=1S/C14H19BrF3N3O2/c1-7(10-5-4-6-23-10)19-13(22)9(3)21-8(2)11(15)12(20-21)14(16,17)18/h7,9-10H,4-6H2,1-3H3,(H,19,22)/t7-,9-,10+/m1/s1. The van der Waals surface area contributed by atoms with Crippen molar-refractivity contribution in [2.24, 2.45) is 0 Å².